The number of nitrogens with zero attached hydrogens (tertiary/aromatic N) is 1. The highest BCUT2D eigenvalue weighted by molar-refractivity contribution is 7.86. The molecule has 0 bridgehead atoms. The van der Waals surface area contributed by atoms with Crippen LogP contribution in [-0.2, 0) is 33.4 Å². The van der Waals surface area contributed by atoms with Crippen LogP contribution in [-0.4, -0.2) is 46.4 Å². The maximum absolute atomic E-state index is 13.0. The zero-order valence-corrected chi connectivity index (χ0v) is 16.9. The zero-order valence-electron chi connectivity index (χ0n) is 20.1. The van der Waals surface area contributed by atoms with Gasteiger partial charge in [-0.25, -0.2) is 13.8 Å². The second-order valence-electron chi connectivity index (χ2n) is 6.09. The first-order valence-corrected chi connectivity index (χ1v) is 9.86. The molecule has 0 aliphatic carbocycles. The Bertz CT molecular complexity index is 1290. The van der Waals surface area contributed by atoms with Crippen molar-refractivity contribution in [3.05, 3.63) is 59.6 Å². The number of rotatable bonds is 6. The fourth-order valence-corrected chi connectivity index (χ4v) is 3.74. The van der Waals surface area contributed by atoms with Gasteiger partial charge in [0.2, 0.25) is 0 Å². The fraction of sp³-hybridized carbons (Fsp3) is 0.250. The molecular weight excluding hydrogens is 414 g/mol. The fourth-order valence-electron chi connectivity index (χ4n) is 2.70. The first-order valence-electron chi connectivity index (χ1n) is 10.5. The Morgan fingerprint density at radius 1 is 1.13 bits per heavy atom. The lowest BCUT2D eigenvalue weighted by Crippen LogP contribution is -2.42. The van der Waals surface area contributed by atoms with Crippen LogP contribution in [0.3, 0.4) is 0 Å². The Labute approximate surface area is 178 Å². The lowest BCUT2D eigenvalue weighted by atomic mass is 9.87. The summed E-state index contributed by atoms with van der Waals surface area (Å²) in [5.41, 5.74) is -0.316. The normalized spacial score (nSPS) is 18.4. The van der Waals surface area contributed by atoms with Crippen molar-refractivity contribution < 1.29 is 42.0 Å². The van der Waals surface area contributed by atoms with Crippen molar-refractivity contribution in [3.8, 4) is 5.75 Å². The molecule has 0 saturated carbocycles. The van der Waals surface area contributed by atoms with Gasteiger partial charge in [-0.05, 0) is 25.1 Å². The average molecular weight is 437 g/mol. The zero-order chi connectivity index (χ0) is 25.4. The first kappa shape index (κ1) is 16.5. The van der Waals surface area contributed by atoms with E-state index >= 15 is 0 Å². The highest BCUT2D eigenvalue weighted by Crippen LogP contribution is 2.37. The van der Waals surface area contributed by atoms with Gasteiger partial charge in [0.15, 0.2) is 17.6 Å². The van der Waals surface area contributed by atoms with E-state index in [2.05, 4.69) is 9.89 Å². The molecule has 0 unspecified atom stereocenters. The van der Waals surface area contributed by atoms with Crippen molar-refractivity contribution in [2.75, 3.05) is 14.2 Å². The topological polar surface area (TPSA) is 118 Å². The standard InChI is InChI=1S/C20H19NO8S/c1-12-8-10-13(11-9-12)30(24,25)29-18(20(23)27-3)16-14-6-4-5-7-15(14)28-21-17(16)19(22)26-2/h4-11,16,18H,1-3H3/t16-,18+/m1/s1/i4D,5D,6D,7D. The van der Waals surface area contributed by atoms with Gasteiger partial charge >= 0.3 is 11.9 Å². The average Bonchev–Trinajstić information content (AvgIpc) is 2.83. The van der Waals surface area contributed by atoms with Crippen LogP contribution in [0.25, 0.3) is 0 Å². The molecule has 0 N–H and O–H groups in total. The number of methoxy groups -OCH3 is 2. The molecule has 0 radical (unpaired) electrons. The molecule has 1 aliphatic rings. The summed E-state index contributed by atoms with van der Waals surface area (Å²) in [4.78, 5) is 29.9. The lowest BCUT2D eigenvalue weighted by Gasteiger charge is -2.28. The van der Waals surface area contributed by atoms with Gasteiger partial charge in [-0.15, -0.1) is 0 Å². The Morgan fingerprint density at radius 3 is 2.43 bits per heavy atom. The van der Waals surface area contributed by atoms with Crippen LogP contribution in [0.2, 0.25) is 0 Å². The number of benzene rings is 2. The number of ether oxygens (including phenoxy) is 2. The number of carbonyl (C=O) groups is 2. The highest BCUT2D eigenvalue weighted by Gasteiger charge is 2.45. The number of hydrogen-bond donors (Lipinski definition) is 0. The number of carbonyl (C=O) groups excluding carboxylic acids is 2. The Kier molecular flexibility index (Phi) is 4.76. The van der Waals surface area contributed by atoms with Gasteiger partial charge in [-0.1, -0.05) is 41.0 Å². The molecule has 0 aromatic heterocycles. The molecule has 0 spiro atoms. The predicted molar refractivity (Wildman–Crippen MR) is 105 cm³/mol. The quantitative estimate of drug-likeness (QED) is 0.497. The van der Waals surface area contributed by atoms with E-state index < -0.39 is 75.3 Å². The molecule has 30 heavy (non-hydrogen) atoms. The maximum Gasteiger partial charge on any atom is 0.356 e. The predicted octanol–water partition coefficient (Wildman–Crippen LogP) is 1.95. The Morgan fingerprint density at radius 2 is 1.80 bits per heavy atom. The van der Waals surface area contributed by atoms with Gasteiger partial charge in [0.05, 0.1) is 30.5 Å². The van der Waals surface area contributed by atoms with E-state index in [1.165, 1.54) is 24.3 Å². The van der Waals surface area contributed by atoms with E-state index in [0.717, 1.165) is 19.8 Å². The summed E-state index contributed by atoms with van der Waals surface area (Å²) in [6.07, 6.45) is -2.11. The van der Waals surface area contributed by atoms with Gasteiger partial charge in [0.1, 0.15) is 0 Å². The third kappa shape index (κ3) is 4.19. The molecule has 1 aliphatic heterocycles. The summed E-state index contributed by atoms with van der Waals surface area (Å²) in [6, 6.07) is 2.78. The number of oxime groups is 1. The van der Waals surface area contributed by atoms with Gasteiger partial charge in [0, 0.05) is 5.56 Å². The van der Waals surface area contributed by atoms with Crippen LogP contribution < -0.4 is 4.84 Å². The van der Waals surface area contributed by atoms with Gasteiger partial charge in [-0.2, -0.15) is 8.42 Å². The van der Waals surface area contributed by atoms with Crippen molar-refractivity contribution in [2.45, 2.75) is 23.8 Å². The molecule has 3 rings (SSSR count). The Balaban J connectivity index is 2.25. The van der Waals surface area contributed by atoms with Crippen LogP contribution in [0.4, 0.5) is 0 Å². The van der Waals surface area contributed by atoms with Crippen LogP contribution >= 0.6 is 0 Å². The molecule has 9 nitrogen and oxygen atoms in total. The molecule has 10 heteroatoms. The van der Waals surface area contributed by atoms with Crippen molar-refractivity contribution >= 4 is 27.8 Å². The van der Waals surface area contributed by atoms with E-state index in [0.29, 0.717) is 0 Å². The third-order valence-corrected chi connectivity index (χ3v) is 5.50. The second-order valence-corrected chi connectivity index (χ2v) is 7.66. The van der Waals surface area contributed by atoms with Gasteiger partial charge < -0.3 is 14.3 Å². The van der Waals surface area contributed by atoms with E-state index in [1.807, 2.05) is 0 Å². The maximum atomic E-state index is 13.0. The molecule has 2 atom stereocenters. The highest BCUT2D eigenvalue weighted by atomic mass is 32.2. The van der Waals surface area contributed by atoms with Gasteiger partial charge in [0.25, 0.3) is 10.1 Å². The smallest absolute Gasteiger partial charge is 0.356 e. The molecule has 158 valence electrons. The largest absolute Gasteiger partial charge is 0.467 e. The number of aryl methyl sites for hydroxylation is 1. The van der Waals surface area contributed by atoms with Gasteiger partial charge in [-0.3, -0.25) is 0 Å². The van der Waals surface area contributed by atoms with Crippen molar-refractivity contribution in [3.63, 3.8) is 0 Å². The van der Waals surface area contributed by atoms with Crippen LogP contribution in [0.1, 0.15) is 22.5 Å². The number of esters is 2. The summed E-state index contributed by atoms with van der Waals surface area (Å²) in [6.45, 7) is 1.74. The van der Waals surface area contributed by atoms with Crippen LogP contribution in [0.15, 0.2) is 58.5 Å². The summed E-state index contributed by atoms with van der Waals surface area (Å²) >= 11 is 0. The molecular formula is C20H19NO8S. The molecule has 2 aromatic rings. The number of fused-ring (bicyclic) bond motifs is 1. The summed E-state index contributed by atoms with van der Waals surface area (Å²) in [7, 11) is -2.68. The van der Waals surface area contributed by atoms with Crippen molar-refractivity contribution in [2.24, 2.45) is 5.16 Å². The van der Waals surface area contributed by atoms with Crippen LogP contribution in [0.5, 0.6) is 5.75 Å². The minimum atomic E-state index is -4.62. The Hall–Kier alpha value is -3.24. The first-order chi connectivity index (χ1) is 15.9. The molecule has 1 heterocycles. The van der Waals surface area contributed by atoms with E-state index in [9.17, 15) is 18.0 Å². The second kappa shape index (κ2) is 8.64. The minimum absolute atomic E-state index is 0.300. The molecule has 0 amide bonds. The third-order valence-electron chi connectivity index (χ3n) is 4.19. The van der Waals surface area contributed by atoms with Crippen LogP contribution in [0, 0.1) is 6.92 Å². The van der Waals surface area contributed by atoms with Crippen molar-refractivity contribution in [1.82, 2.24) is 0 Å². The minimum Gasteiger partial charge on any atom is -0.467 e. The molecule has 0 saturated heterocycles. The molecule has 0 fully saturated rings. The monoisotopic (exact) mass is 437 g/mol. The van der Waals surface area contributed by atoms with E-state index in [-0.39, 0.29) is 4.90 Å². The summed E-state index contributed by atoms with van der Waals surface area (Å²) in [5.74, 6) is -4.68. The number of hydrogen-bond acceptors (Lipinski definition) is 9. The molecule has 2 aromatic carbocycles. The van der Waals surface area contributed by atoms with Crippen molar-refractivity contribution in [1.29, 1.82) is 0 Å². The van der Waals surface area contributed by atoms with E-state index in [4.69, 9.17) is 19.2 Å². The lowest BCUT2D eigenvalue weighted by molar-refractivity contribution is -0.149. The summed E-state index contributed by atoms with van der Waals surface area (Å²) in [5, 5.41) is 3.56. The van der Waals surface area contributed by atoms with E-state index in [1.54, 1.807) is 6.92 Å². The summed E-state index contributed by atoms with van der Waals surface area (Å²) < 4.78 is 72.7. The number of para-hydroxylation sites is 1. The SMILES string of the molecule is [2H]c1c([2H])c([2H])c2c(c1[2H])ON=C(C(=O)OC)[C@@H]2[C@H](OS(=O)(=O)c1ccc(C)cc1)C(=O)OC.